The number of H-pyrrole nitrogens is 1. The highest BCUT2D eigenvalue weighted by Gasteiger charge is 2.09. The molecular weight excluding hydrogens is 345 g/mol. The maximum absolute atomic E-state index is 11.4. The van der Waals surface area contributed by atoms with Crippen molar-refractivity contribution >= 4 is 28.4 Å². The van der Waals surface area contributed by atoms with E-state index in [0.717, 1.165) is 18.6 Å². The fraction of sp³-hybridized carbons (Fsp3) is 0.333. The second kappa shape index (κ2) is 6.03. The molecular formula is C12H14IN3O2. The Morgan fingerprint density at radius 2 is 2.44 bits per heavy atom. The van der Waals surface area contributed by atoms with E-state index in [9.17, 15) is 4.79 Å². The number of aryl methyl sites for hydroxylation is 1. The third-order valence-electron chi connectivity index (χ3n) is 2.58. The highest BCUT2D eigenvalue weighted by Crippen LogP contribution is 2.13. The lowest BCUT2D eigenvalue weighted by Gasteiger charge is -2.14. The Labute approximate surface area is 118 Å². The van der Waals surface area contributed by atoms with Gasteiger partial charge < -0.3 is 14.7 Å². The molecule has 6 heteroatoms. The van der Waals surface area contributed by atoms with E-state index in [1.54, 1.807) is 6.26 Å². The van der Waals surface area contributed by atoms with Crippen molar-refractivity contribution in [2.45, 2.75) is 25.8 Å². The summed E-state index contributed by atoms with van der Waals surface area (Å²) in [6.07, 6.45) is 4.86. The molecule has 2 N–H and O–H groups in total. The lowest BCUT2D eigenvalue weighted by molar-refractivity contribution is 0.494. The number of halogens is 1. The lowest BCUT2D eigenvalue weighted by Crippen LogP contribution is -2.21. The topological polar surface area (TPSA) is 70.9 Å². The molecule has 0 fully saturated rings. The molecule has 0 aromatic carbocycles. The number of furan rings is 1. The van der Waals surface area contributed by atoms with Crippen molar-refractivity contribution in [1.82, 2.24) is 9.97 Å². The second-order valence-electron chi connectivity index (χ2n) is 4.06. The van der Waals surface area contributed by atoms with Gasteiger partial charge in [-0.2, -0.15) is 0 Å². The van der Waals surface area contributed by atoms with Gasteiger partial charge in [-0.1, -0.05) is 0 Å². The molecule has 2 aromatic heterocycles. The van der Waals surface area contributed by atoms with Gasteiger partial charge in [0.15, 0.2) is 0 Å². The summed E-state index contributed by atoms with van der Waals surface area (Å²) < 4.78 is 5.86. The molecule has 18 heavy (non-hydrogen) atoms. The Kier molecular flexibility index (Phi) is 4.40. The van der Waals surface area contributed by atoms with E-state index in [-0.39, 0.29) is 11.6 Å². The van der Waals surface area contributed by atoms with Gasteiger partial charge in [-0.25, -0.2) is 4.98 Å². The Morgan fingerprint density at radius 3 is 3.17 bits per heavy atom. The SMILES string of the molecule is CC(CCc1ccco1)Nc1nc[nH]c(=O)c1I. The number of anilines is 1. The molecule has 0 aliphatic carbocycles. The van der Waals surface area contributed by atoms with E-state index in [2.05, 4.69) is 22.2 Å². The highest BCUT2D eigenvalue weighted by molar-refractivity contribution is 14.1. The molecule has 1 atom stereocenters. The van der Waals surface area contributed by atoms with Crippen LogP contribution in [0.3, 0.4) is 0 Å². The molecule has 0 aliphatic heterocycles. The number of nitrogens with zero attached hydrogens (tertiary/aromatic N) is 1. The van der Waals surface area contributed by atoms with E-state index in [0.29, 0.717) is 9.39 Å². The Balaban J connectivity index is 1.93. The molecule has 1 unspecified atom stereocenters. The van der Waals surface area contributed by atoms with Crippen molar-refractivity contribution in [2.24, 2.45) is 0 Å². The van der Waals surface area contributed by atoms with Crippen LogP contribution in [0.2, 0.25) is 0 Å². The zero-order valence-electron chi connectivity index (χ0n) is 9.94. The van der Waals surface area contributed by atoms with E-state index in [4.69, 9.17) is 4.42 Å². The summed E-state index contributed by atoms with van der Waals surface area (Å²) in [5.41, 5.74) is -0.119. The van der Waals surface area contributed by atoms with Crippen molar-refractivity contribution in [1.29, 1.82) is 0 Å². The first-order valence-electron chi connectivity index (χ1n) is 5.69. The zero-order chi connectivity index (χ0) is 13.0. The fourth-order valence-corrected chi connectivity index (χ4v) is 2.05. The van der Waals surface area contributed by atoms with Gasteiger partial charge in [-0.15, -0.1) is 0 Å². The summed E-state index contributed by atoms with van der Waals surface area (Å²) in [7, 11) is 0. The third kappa shape index (κ3) is 3.34. The van der Waals surface area contributed by atoms with Crippen molar-refractivity contribution in [3.8, 4) is 0 Å². The molecule has 96 valence electrons. The maximum Gasteiger partial charge on any atom is 0.266 e. The quantitative estimate of drug-likeness (QED) is 0.805. The monoisotopic (exact) mass is 359 g/mol. The van der Waals surface area contributed by atoms with Gasteiger partial charge in [0.2, 0.25) is 0 Å². The predicted octanol–water partition coefficient (Wildman–Crippen LogP) is 2.40. The summed E-state index contributed by atoms with van der Waals surface area (Å²) in [5, 5.41) is 3.23. The molecule has 0 amide bonds. The van der Waals surface area contributed by atoms with Crippen LogP contribution in [0.15, 0.2) is 33.9 Å². The molecule has 2 aromatic rings. The average Bonchev–Trinajstić information content (AvgIpc) is 2.86. The van der Waals surface area contributed by atoms with E-state index in [1.807, 2.05) is 34.7 Å². The van der Waals surface area contributed by atoms with Crippen LogP contribution in [-0.2, 0) is 6.42 Å². The maximum atomic E-state index is 11.4. The van der Waals surface area contributed by atoms with Crippen molar-refractivity contribution in [3.05, 3.63) is 44.4 Å². The number of nitrogens with one attached hydrogen (secondary N) is 2. The minimum Gasteiger partial charge on any atom is -0.469 e. The molecule has 0 spiro atoms. The van der Waals surface area contributed by atoms with Crippen LogP contribution in [0.5, 0.6) is 0 Å². The van der Waals surface area contributed by atoms with Crippen molar-refractivity contribution < 1.29 is 4.42 Å². The normalized spacial score (nSPS) is 12.3. The first-order chi connectivity index (χ1) is 8.66. The summed E-state index contributed by atoms with van der Waals surface area (Å²) in [6, 6.07) is 4.06. The second-order valence-corrected chi connectivity index (χ2v) is 5.14. The molecule has 0 aliphatic rings. The molecule has 0 radical (unpaired) electrons. The summed E-state index contributed by atoms with van der Waals surface area (Å²) in [6.45, 7) is 2.06. The largest absolute Gasteiger partial charge is 0.469 e. The smallest absolute Gasteiger partial charge is 0.266 e. The molecule has 2 heterocycles. The highest BCUT2D eigenvalue weighted by atomic mass is 127. The Bertz CT molecular complexity index is 551. The van der Waals surface area contributed by atoms with Crippen LogP contribution in [0.4, 0.5) is 5.82 Å². The van der Waals surface area contributed by atoms with Crippen LogP contribution in [0.25, 0.3) is 0 Å². The molecule has 0 saturated carbocycles. The van der Waals surface area contributed by atoms with Crippen LogP contribution >= 0.6 is 22.6 Å². The average molecular weight is 359 g/mol. The number of aromatic nitrogens is 2. The summed E-state index contributed by atoms with van der Waals surface area (Å²) in [5.74, 6) is 1.60. The minimum atomic E-state index is -0.119. The zero-order valence-corrected chi connectivity index (χ0v) is 12.1. The van der Waals surface area contributed by atoms with Crippen LogP contribution in [0, 0.1) is 3.57 Å². The number of rotatable bonds is 5. The molecule has 0 saturated heterocycles. The molecule has 0 bridgehead atoms. The number of hydrogen-bond acceptors (Lipinski definition) is 4. The molecule has 5 nitrogen and oxygen atoms in total. The van der Waals surface area contributed by atoms with Crippen molar-refractivity contribution in [3.63, 3.8) is 0 Å². The first kappa shape index (κ1) is 13.1. The van der Waals surface area contributed by atoms with E-state index in [1.165, 1.54) is 6.33 Å². The predicted molar refractivity (Wildman–Crippen MR) is 77.7 cm³/mol. The van der Waals surface area contributed by atoms with Crippen LogP contribution in [0.1, 0.15) is 19.1 Å². The van der Waals surface area contributed by atoms with Gasteiger partial charge >= 0.3 is 0 Å². The number of aromatic amines is 1. The third-order valence-corrected chi connectivity index (χ3v) is 3.58. The Hall–Kier alpha value is -1.31. The van der Waals surface area contributed by atoms with Gasteiger partial charge in [0.05, 0.1) is 12.6 Å². The van der Waals surface area contributed by atoms with Gasteiger partial charge in [0, 0.05) is 12.5 Å². The summed E-state index contributed by atoms with van der Waals surface area (Å²) >= 11 is 1.99. The summed E-state index contributed by atoms with van der Waals surface area (Å²) in [4.78, 5) is 18.1. The molecule has 2 rings (SSSR count). The van der Waals surface area contributed by atoms with Crippen LogP contribution in [-0.4, -0.2) is 16.0 Å². The first-order valence-corrected chi connectivity index (χ1v) is 6.77. The minimum absolute atomic E-state index is 0.119. The van der Waals surface area contributed by atoms with Gasteiger partial charge in [0.25, 0.3) is 5.56 Å². The van der Waals surface area contributed by atoms with Gasteiger partial charge in [-0.3, -0.25) is 4.79 Å². The standard InChI is InChI=1S/C12H14IN3O2/c1-8(4-5-9-3-2-6-18-9)16-11-10(13)12(17)15-7-14-11/h2-3,6-8H,4-5H2,1H3,(H2,14,15,16,17). The van der Waals surface area contributed by atoms with E-state index >= 15 is 0 Å². The lowest BCUT2D eigenvalue weighted by atomic mass is 10.1. The Morgan fingerprint density at radius 1 is 1.61 bits per heavy atom. The van der Waals surface area contributed by atoms with Crippen molar-refractivity contribution in [2.75, 3.05) is 5.32 Å². The van der Waals surface area contributed by atoms with Crippen LogP contribution < -0.4 is 10.9 Å². The van der Waals surface area contributed by atoms with Gasteiger partial charge in [-0.05, 0) is 48.1 Å². The van der Waals surface area contributed by atoms with E-state index < -0.39 is 0 Å². The number of hydrogen-bond donors (Lipinski definition) is 2. The van der Waals surface area contributed by atoms with Gasteiger partial charge in [0.1, 0.15) is 15.1 Å². The fourth-order valence-electron chi connectivity index (χ4n) is 1.60.